The minimum absolute atomic E-state index is 0.600. The largest absolute Gasteiger partial charge is 0.359 e. The van der Waals surface area contributed by atoms with Crippen molar-refractivity contribution >= 4 is 23.0 Å². The number of thiocarbonyl (C=S) groups is 1. The van der Waals surface area contributed by atoms with Crippen LogP contribution in [0.15, 0.2) is 67.3 Å². The molecule has 0 atom stereocenters. The quantitative estimate of drug-likeness (QED) is 0.651. The highest BCUT2D eigenvalue weighted by Crippen LogP contribution is 2.27. The summed E-state index contributed by atoms with van der Waals surface area (Å²) in [5.41, 5.74) is 3.29. The minimum atomic E-state index is 0.600. The number of hydrogen-bond acceptors (Lipinski definition) is 1. The van der Waals surface area contributed by atoms with E-state index in [2.05, 4.69) is 35.4 Å². The van der Waals surface area contributed by atoms with Gasteiger partial charge in [0.05, 0.1) is 0 Å². The van der Waals surface area contributed by atoms with E-state index in [1.165, 1.54) is 0 Å². The maximum atomic E-state index is 5.24. The smallest absolute Gasteiger partial charge is 0.171 e. The van der Waals surface area contributed by atoms with Crippen LogP contribution in [-0.2, 0) is 0 Å². The van der Waals surface area contributed by atoms with Gasteiger partial charge in [-0.1, -0.05) is 54.6 Å². The second-order valence-electron chi connectivity index (χ2n) is 4.04. The van der Waals surface area contributed by atoms with Crippen molar-refractivity contribution in [2.45, 2.75) is 0 Å². The normalized spacial score (nSPS) is 9.68. The average Bonchev–Trinajstić information content (AvgIpc) is 2.46. The van der Waals surface area contributed by atoms with Crippen LogP contribution in [0.3, 0.4) is 0 Å². The SMILES string of the molecule is C=CCNC(=S)Nc1ccccc1-c1ccccc1. The van der Waals surface area contributed by atoms with Crippen LogP contribution in [0.25, 0.3) is 11.1 Å². The summed E-state index contributed by atoms with van der Waals surface area (Å²) in [4.78, 5) is 0. The van der Waals surface area contributed by atoms with Crippen LogP contribution in [0.5, 0.6) is 0 Å². The van der Waals surface area contributed by atoms with Gasteiger partial charge in [-0.2, -0.15) is 0 Å². The lowest BCUT2D eigenvalue weighted by Gasteiger charge is -2.13. The van der Waals surface area contributed by atoms with Crippen LogP contribution < -0.4 is 10.6 Å². The number of benzene rings is 2. The Morgan fingerprint density at radius 3 is 2.47 bits per heavy atom. The monoisotopic (exact) mass is 268 g/mol. The number of nitrogens with one attached hydrogen (secondary N) is 2. The van der Waals surface area contributed by atoms with Gasteiger partial charge < -0.3 is 10.6 Å². The van der Waals surface area contributed by atoms with Gasteiger partial charge in [0.25, 0.3) is 0 Å². The third kappa shape index (κ3) is 3.66. The summed E-state index contributed by atoms with van der Waals surface area (Å²) < 4.78 is 0. The molecule has 0 unspecified atom stereocenters. The van der Waals surface area contributed by atoms with Gasteiger partial charge in [0.2, 0.25) is 0 Å². The Morgan fingerprint density at radius 2 is 1.74 bits per heavy atom. The van der Waals surface area contributed by atoms with Crippen LogP contribution in [-0.4, -0.2) is 11.7 Å². The Balaban J connectivity index is 2.22. The first-order valence-corrected chi connectivity index (χ1v) is 6.52. The molecule has 0 aliphatic carbocycles. The summed E-state index contributed by atoms with van der Waals surface area (Å²) in [5, 5.41) is 6.88. The van der Waals surface area contributed by atoms with Crippen LogP contribution in [0.1, 0.15) is 0 Å². The van der Waals surface area contributed by atoms with Crippen molar-refractivity contribution in [3.8, 4) is 11.1 Å². The number of hydrogen-bond donors (Lipinski definition) is 2. The lowest BCUT2D eigenvalue weighted by atomic mass is 10.0. The molecule has 2 aromatic rings. The molecule has 0 saturated carbocycles. The maximum Gasteiger partial charge on any atom is 0.171 e. The van der Waals surface area contributed by atoms with Crippen molar-refractivity contribution in [3.63, 3.8) is 0 Å². The van der Waals surface area contributed by atoms with Gasteiger partial charge in [-0.3, -0.25) is 0 Å². The third-order valence-electron chi connectivity index (χ3n) is 2.67. The number of anilines is 1. The van der Waals surface area contributed by atoms with Gasteiger partial charge in [-0.15, -0.1) is 6.58 Å². The molecule has 0 saturated heterocycles. The summed E-state index contributed by atoms with van der Waals surface area (Å²) >= 11 is 5.24. The molecular formula is C16H16N2S. The predicted octanol–water partition coefficient (Wildman–Crippen LogP) is 3.83. The molecule has 0 heterocycles. The van der Waals surface area contributed by atoms with E-state index in [-0.39, 0.29) is 0 Å². The zero-order valence-electron chi connectivity index (χ0n) is 10.6. The molecule has 0 fully saturated rings. The van der Waals surface area contributed by atoms with Crippen molar-refractivity contribution in [2.24, 2.45) is 0 Å². The summed E-state index contributed by atoms with van der Waals surface area (Å²) in [6.07, 6.45) is 1.77. The maximum absolute atomic E-state index is 5.24. The molecule has 0 bridgehead atoms. The Labute approximate surface area is 119 Å². The Morgan fingerprint density at radius 1 is 1.05 bits per heavy atom. The molecule has 96 valence electrons. The van der Waals surface area contributed by atoms with Gasteiger partial charge in [0, 0.05) is 17.8 Å². The van der Waals surface area contributed by atoms with Gasteiger partial charge in [0.1, 0.15) is 0 Å². The van der Waals surface area contributed by atoms with Crippen LogP contribution >= 0.6 is 12.2 Å². The Hall–Kier alpha value is -2.13. The van der Waals surface area contributed by atoms with E-state index in [4.69, 9.17) is 12.2 Å². The minimum Gasteiger partial charge on any atom is -0.359 e. The lowest BCUT2D eigenvalue weighted by molar-refractivity contribution is 1.06. The molecule has 0 aliphatic heterocycles. The van der Waals surface area contributed by atoms with Crippen molar-refractivity contribution in [1.82, 2.24) is 5.32 Å². The molecule has 0 radical (unpaired) electrons. The molecule has 19 heavy (non-hydrogen) atoms. The first-order chi connectivity index (χ1) is 9.31. The molecule has 2 nitrogen and oxygen atoms in total. The summed E-state index contributed by atoms with van der Waals surface area (Å²) in [7, 11) is 0. The average molecular weight is 268 g/mol. The third-order valence-corrected chi connectivity index (χ3v) is 2.91. The van der Waals surface area contributed by atoms with Crippen LogP contribution in [0.2, 0.25) is 0 Å². The molecular weight excluding hydrogens is 252 g/mol. The summed E-state index contributed by atoms with van der Waals surface area (Å²) in [6, 6.07) is 18.3. The fourth-order valence-corrected chi connectivity index (χ4v) is 1.99. The molecule has 0 aromatic heterocycles. The lowest BCUT2D eigenvalue weighted by Crippen LogP contribution is -2.28. The zero-order chi connectivity index (χ0) is 13.5. The molecule has 0 spiro atoms. The van der Waals surface area contributed by atoms with Crippen molar-refractivity contribution < 1.29 is 0 Å². The molecule has 0 amide bonds. The van der Waals surface area contributed by atoms with E-state index in [0.717, 1.165) is 16.8 Å². The first kappa shape index (κ1) is 13.3. The highest BCUT2D eigenvalue weighted by atomic mass is 32.1. The van der Waals surface area contributed by atoms with E-state index in [9.17, 15) is 0 Å². The first-order valence-electron chi connectivity index (χ1n) is 6.11. The van der Waals surface area contributed by atoms with Crippen molar-refractivity contribution in [2.75, 3.05) is 11.9 Å². The second kappa shape index (κ2) is 6.71. The van der Waals surface area contributed by atoms with E-state index in [1.54, 1.807) is 6.08 Å². The van der Waals surface area contributed by atoms with E-state index >= 15 is 0 Å². The molecule has 2 aromatic carbocycles. The topological polar surface area (TPSA) is 24.1 Å². The predicted molar refractivity (Wildman–Crippen MR) is 86.3 cm³/mol. The molecule has 2 rings (SSSR count). The molecule has 0 aliphatic rings. The fraction of sp³-hybridized carbons (Fsp3) is 0.0625. The molecule has 2 N–H and O–H groups in total. The number of para-hydroxylation sites is 1. The number of rotatable bonds is 4. The Bertz CT molecular complexity index is 564. The zero-order valence-corrected chi connectivity index (χ0v) is 11.4. The van der Waals surface area contributed by atoms with Crippen molar-refractivity contribution in [1.29, 1.82) is 0 Å². The summed E-state index contributed by atoms with van der Waals surface area (Å²) in [6.45, 7) is 4.31. The van der Waals surface area contributed by atoms with E-state index < -0.39 is 0 Å². The van der Waals surface area contributed by atoms with Gasteiger partial charge in [-0.25, -0.2) is 0 Å². The van der Waals surface area contributed by atoms with Gasteiger partial charge >= 0.3 is 0 Å². The van der Waals surface area contributed by atoms with Crippen molar-refractivity contribution in [3.05, 3.63) is 67.3 Å². The highest BCUT2D eigenvalue weighted by molar-refractivity contribution is 7.80. The van der Waals surface area contributed by atoms with Crippen LogP contribution in [0.4, 0.5) is 5.69 Å². The highest BCUT2D eigenvalue weighted by Gasteiger charge is 2.04. The van der Waals surface area contributed by atoms with E-state index in [1.807, 2.05) is 36.4 Å². The van der Waals surface area contributed by atoms with Crippen LogP contribution in [0, 0.1) is 0 Å². The van der Waals surface area contributed by atoms with E-state index in [0.29, 0.717) is 11.7 Å². The Kier molecular flexibility index (Phi) is 4.70. The summed E-state index contributed by atoms with van der Waals surface area (Å²) in [5.74, 6) is 0. The fourth-order valence-electron chi connectivity index (χ4n) is 1.79. The van der Waals surface area contributed by atoms with Gasteiger partial charge in [0.15, 0.2) is 5.11 Å². The second-order valence-corrected chi connectivity index (χ2v) is 4.44. The van der Waals surface area contributed by atoms with Gasteiger partial charge in [-0.05, 0) is 23.8 Å². The molecule has 3 heteroatoms. The standard InChI is InChI=1S/C16H16N2S/c1-2-12-17-16(19)18-15-11-7-6-10-14(15)13-8-4-3-5-9-13/h2-11H,1,12H2,(H2,17,18,19).